The van der Waals surface area contributed by atoms with Crippen LogP contribution in [-0.4, -0.2) is 29.6 Å². The van der Waals surface area contributed by atoms with Gasteiger partial charge in [-0.15, -0.1) is 0 Å². The van der Waals surface area contributed by atoms with Crippen LogP contribution in [-0.2, 0) is 4.79 Å². The summed E-state index contributed by atoms with van der Waals surface area (Å²) >= 11 is 0. The van der Waals surface area contributed by atoms with Gasteiger partial charge in [-0.1, -0.05) is 19.8 Å². The third-order valence-electron chi connectivity index (χ3n) is 4.70. The second-order valence-corrected chi connectivity index (χ2v) is 5.97. The van der Waals surface area contributed by atoms with Gasteiger partial charge in [0.2, 0.25) is 5.91 Å². The molecular formula is C13H22N2O. The lowest BCUT2D eigenvalue weighted by molar-refractivity contribution is -0.132. The van der Waals surface area contributed by atoms with E-state index in [1.54, 1.807) is 0 Å². The Balaban J connectivity index is 1.63. The zero-order chi connectivity index (χ0) is 11.2. The topological polar surface area (TPSA) is 32.3 Å². The van der Waals surface area contributed by atoms with Crippen LogP contribution in [0.25, 0.3) is 0 Å². The van der Waals surface area contributed by atoms with Gasteiger partial charge in [-0.3, -0.25) is 10.1 Å². The third-order valence-corrected chi connectivity index (χ3v) is 4.70. The molecule has 1 saturated heterocycles. The predicted molar refractivity (Wildman–Crippen MR) is 62.8 cm³/mol. The van der Waals surface area contributed by atoms with Gasteiger partial charge in [0, 0.05) is 6.54 Å². The number of hydrogen-bond donors (Lipinski definition) is 1. The summed E-state index contributed by atoms with van der Waals surface area (Å²) in [5.41, 5.74) is -0.150. The number of nitrogens with zero attached hydrogens (tertiary/aromatic N) is 1. The highest BCUT2D eigenvalue weighted by Gasteiger charge is 2.48. The van der Waals surface area contributed by atoms with Gasteiger partial charge >= 0.3 is 0 Å². The highest BCUT2D eigenvalue weighted by Crippen LogP contribution is 2.39. The molecule has 3 aliphatic rings. The third kappa shape index (κ3) is 1.65. The minimum atomic E-state index is -0.150. The molecule has 90 valence electrons. The Kier molecular flexibility index (Phi) is 2.46. The van der Waals surface area contributed by atoms with Crippen molar-refractivity contribution in [3.63, 3.8) is 0 Å². The Morgan fingerprint density at radius 1 is 1.44 bits per heavy atom. The normalized spacial score (nSPS) is 30.3. The summed E-state index contributed by atoms with van der Waals surface area (Å²) < 4.78 is 0. The molecule has 1 spiro atoms. The maximum Gasteiger partial charge on any atom is 0.243 e. The van der Waals surface area contributed by atoms with Crippen LogP contribution in [0, 0.1) is 11.8 Å². The lowest BCUT2D eigenvalue weighted by atomic mass is 9.97. The molecule has 16 heavy (non-hydrogen) atoms. The summed E-state index contributed by atoms with van der Waals surface area (Å²) in [7, 11) is 0. The van der Waals surface area contributed by atoms with Crippen molar-refractivity contribution in [1.82, 2.24) is 10.2 Å². The van der Waals surface area contributed by atoms with Crippen LogP contribution >= 0.6 is 0 Å². The molecule has 2 aliphatic carbocycles. The van der Waals surface area contributed by atoms with Crippen LogP contribution < -0.4 is 5.32 Å². The van der Waals surface area contributed by atoms with Gasteiger partial charge in [0.25, 0.3) is 0 Å². The number of carbonyl (C=O) groups is 1. The van der Waals surface area contributed by atoms with Crippen LogP contribution in [0.2, 0.25) is 0 Å². The van der Waals surface area contributed by atoms with Gasteiger partial charge in [-0.05, 0) is 37.5 Å². The van der Waals surface area contributed by atoms with E-state index in [2.05, 4.69) is 17.1 Å². The van der Waals surface area contributed by atoms with E-state index in [-0.39, 0.29) is 5.54 Å². The molecule has 0 aromatic heterocycles. The molecule has 3 nitrogen and oxygen atoms in total. The lowest BCUT2D eigenvalue weighted by Crippen LogP contribution is -2.44. The van der Waals surface area contributed by atoms with Crippen LogP contribution in [0.3, 0.4) is 0 Å². The van der Waals surface area contributed by atoms with Gasteiger partial charge in [0.05, 0.1) is 12.2 Å². The van der Waals surface area contributed by atoms with Crippen molar-refractivity contribution in [2.45, 2.75) is 51.0 Å². The fraction of sp³-hybridized carbons (Fsp3) is 0.923. The summed E-state index contributed by atoms with van der Waals surface area (Å²) in [6.07, 6.45) is 7.29. The average molecular weight is 222 g/mol. The molecule has 3 heteroatoms. The SMILES string of the molecule is CC(CN1CNC2(CCCC2)C1=O)C1CC1. The number of rotatable bonds is 3. The number of amides is 1. The van der Waals surface area contributed by atoms with Crippen molar-refractivity contribution in [1.29, 1.82) is 0 Å². The van der Waals surface area contributed by atoms with Crippen LogP contribution in [0.1, 0.15) is 45.4 Å². The second-order valence-electron chi connectivity index (χ2n) is 5.97. The summed E-state index contributed by atoms with van der Waals surface area (Å²) in [5, 5.41) is 3.47. The zero-order valence-corrected chi connectivity index (χ0v) is 10.2. The Labute approximate surface area is 97.6 Å². The first-order chi connectivity index (χ1) is 7.71. The lowest BCUT2D eigenvalue weighted by Gasteiger charge is -2.23. The quantitative estimate of drug-likeness (QED) is 0.789. The fourth-order valence-corrected chi connectivity index (χ4v) is 3.38. The Hall–Kier alpha value is -0.570. The van der Waals surface area contributed by atoms with Crippen molar-refractivity contribution in [3.8, 4) is 0 Å². The first-order valence-corrected chi connectivity index (χ1v) is 6.76. The molecule has 1 unspecified atom stereocenters. The molecule has 0 bridgehead atoms. The maximum absolute atomic E-state index is 12.4. The van der Waals surface area contributed by atoms with Gasteiger partial charge < -0.3 is 4.90 Å². The molecule has 0 aromatic carbocycles. The van der Waals surface area contributed by atoms with Gasteiger partial charge in [-0.25, -0.2) is 0 Å². The first kappa shape index (κ1) is 10.6. The molecular weight excluding hydrogens is 200 g/mol. The van der Waals surface area contributed by atoms with Gasteiger partial charge in [-0.2, -0.15) is 0 Å². The van der Waals surface area contributed by atoms with E-state index < -0.39 is 0 Å². The average Bonchev–Trinajstić information content (AvgIpc) is 2.97. The van der Waals surface area contributed by atoms with E-state index in [1.807, 2.05) is 0 Å². The smallest absolute Gasteiger partial charge is 0.243 e. The highest BCUT2D eigenvalue weighted by atomic mass is 16.2. The molecule has 1 aliphatic heterocycles. The standard InChI is InChI=1S/C13H22N2O/c1-10(11-4-5-11)8-15-9-14-13(12(15)16)6-2-3-7-13/h10-11,14H,2-9H2,1H3. The zero-order valence-electron chi connectivity index (χ0n) is 10.2. The van der Waals surface area contributed by atoms with Crippen LogP contribution in [0.4, 0.5) is 0 Å². The Bertz CT molecular complexity index is 292. The number of nitrogens with one attached hydrogen (secondary N) is 1. The first-order valence-electron chi connectivity index (χ1n) is 6.76. The van der Waals surface area contributed by atoms with E-state index in [0.717, 1.165) is 32.0 Å². The van der Waals surface area contributed by atoms with E-state index in [9.17, 15) is 4.79 Å². The van der Waals surface area contributed by atoms with Crippen molar-refractivity contribution in [3.05, 3.63) is 0 Å². The predicted octanol–water partition coefficient (Wildman–Crippen LogP) is 1.73. The molecule has 0 radical (unpaired) electrons. The van der Waals surface area contributed by atoms with Crippen molar-refractivity contribution in [2.24, 2.45) is 11.8 Å². The molecule has 2 saturated carbocycles. The monoisotopic (exact) mass is 222 g/mol. The van der Waals surface area contributed by atoms with Crippen LogP contribution in [0.15, 0.2) is 0 Å². The fourth-order valence-electron chi connectivity index (χ4n) is 3.38. The number of hydrogen-bond acceptors (Lipinski definition) is 2. The summed E-state index contributed by atoms with van der Waals surface area (Å²) in [6, 6.07) is 0. The molecule has 1 atom stereocenters. The molecule has 3 rings (SSSR count). The van der Waals surface area contributed by atoms with E-state index in [0.29, 0.717) is 11.8 Å². The minimum absolute atomic E-state index is 0.150. The van der Waals surface area contributed by atoms with Gasteiger partial charge in [0.1, 0.15) is 0 Å². The Morgan fingerprint density at radius 2 is 2.12 bits per heavy atom. The molecule has 1 heterocycles. The molecule has 3 fully saturated rings. The van der Waals surface area contributed by atoms with E-state index in [1.165, 1.54) is 25.7 Å². The molecule has 0 aromatic rings. The van der Waals surface area contributed by atoms with Gasteiger partial charge in [0.15, 0.2) is 0 Å². The summed E-state index contributed by atoms with van der Waals surface area (Å²) in [6.45, 7) is 4.05. The second kappa shape index (κ2) is 3.73. The van der Waals surface area contributed by atoms with Crippen molar-refractivity contribution >= 4 is 5.91 Å². The number of carbonyl (C=O) groups excluding carboxylic acids is 1. The minimum Gasteiger partial charge on any atom is -0.328 e. The molecule has 1 amide bonds. The van der Waals surface area contributed by atoms with Crippen LogP contribution in [0.5, 0.6) is 0 Å². The largest absolute Gasteiger partial charge is 0.328 e. The van der Waals surface area contributed by atoms with Crippen molar-refractivity contribution in [2.75, 3.05) is 13.2 Å². The Morgan fingerprint density at radius 3 is 2.75 bits per heavy atom. The maximum atomic E-state index is 12.4. The van der Waals surface area contributed by atoms with Crippen molar-refractivity contribution < 1.29 is 4.79 Å². The highest BCUT2D eigenvalue weighted by molar-refractivity contribution is 5.88. The van der Waals surface area contributed by atoms with E-state index in [4.69, 9.17) is 0 Å². The summed E-state index contributed by atoms with van der Waals surface area (Å²) in [4.78, 5) is 14.4. The molecule has 1 N–H and O–H groups in total. The van der Waals surface area contributed by atoms with E-state index >= 15 is 0 Å². The summed E-state index contributed by atoms with van der Waals surface area (Å²) in [5.74, 6) is 1.98.